The Kier molecular flexibility index (Phi) is 5.44. The first kappa shape index (κ1) is 18.7. The zero-order chi connectivity index (χ0) is 19.5. The van der Waals surface area contributed by atoms with Crippen molar-refractivity contribution in [1.29, 1.82) is 0 Å². The molecule has 0 unspecified atom stereocenters. The van der Waals surface area contributed by atoms with E-state index in [1.54, 1.807) is 0 Å². The zero-order valence-corrected chi connectivity index (χ0v) is 16.7. The van der Waals surface area contributed by atoms with Gasteiger partial charge in [-0.1, -0.05) is 36.4 Å². The van der Waals surface area contributed by atoms with Crippen LogP contribution in [0, 0.1) is 6.92 Å². The molecule has 0 aliphatic carbocycles. The van der Waals surface area contributed by atoms with E-state index < -0.39 is 0 Å². The van der Waals surface area contributed by atoms with Crippen LogP contribution in [-0.2, 0) is 6.42 Å². The van der Waals surface area contributed by atoms with E-state index in [1.807, 2.05) is 47.7 Å². The van der Waals surface area contributed by atoms with Crippen LogP contribution in [0.25, 0.3) is 5.65 Å². The summed E-state index contributed by atoms with van der Waals surface area (Å²) in [7, 11) is 1.92. The van der Waals surface area contributed by atoms with Gasteiger partial charge in [-0.25, -0.2) is 4.98 Å². The van der Waals surface area contributed by atoms with E-state index in [-0.39, 0.29) is 11.9 Å². The van der Waals surface area contributed by atoms with Crippen molar-refractivity contribution in [3.8, 4) is 0 Å². The SMILES string of the molecule is Cc1cccc2nc(C(=O)N(C)[C@@H]3CCCN(CCc4ccccc4)C3)cn12. The Bertz CT molecular complexity index is 950. The summed E-state index contributed by atoms with van der Waals surface area (Å²) in [5, 5.41) is 0. The number of imidazole rings is 1. The van der Waals surface area contributed by atoms with Crippen molar-refractivity contribution < 1.29 is 4.79 Å². The second-order valence-electron chi connectivity index (χ2n) is 7.77. The lowest BCUT2D eigenvalue weighted by Crippen LogP contribution is -2.49. The lowest BCUT2D eigenvalue weighted by molar-refractivity contribution is 0.0614. The van der Waals surface area contributed by atoms with Crippen molar-refractivity contribution in [1.82, 2.24) is 19.2 Å². The van der Waals surface area contributed by atoms with E-state index in [4.69, 9.17) is 0 Å². The van der Waals surface area contributed by atoms with Gasteiger partial charge in [-0.15, -0.1) is 0 Å². The number of nitrogens with zero attached hydrogens (tertiary/aromatic N) is 4. The third-order valence-corrected chi connectivity index (χ3v) is 5.82. The molecule has 5 nitrogen and oxygen atoms in total. The molecule has 1 saturated heterocycles. The Balaban J connectivity index is 1.40. The molecule has 0 spiro atoms. The molecule has 3 aromatic rings. The summed E-state index contributed by atoms with van der Waals surface area (Å²) in [6, 6.07) is 16.8. The maximum atomic E-state index is 13.0. The topological polar surface area (TPSA) is 40.9 Å². The number of carbonyl (C=O) groups excluding carboxylic acids is 1. The molecule has 5 heteroatoms. The standard InChI is InChI=1S/C23H28N4O/c1-18-8-6-12-22-24-21(17-27(18)22)23(28)25(2)20-11-7-14-26(16-20)15-13-19-9-4-3-5-10-19/h3-6,8-10,12,17,20H,7,11,13-16H2,1-2H3/t20-/m1/s1. The van der Waals surface area contributed by atoms with Crippen molar-refractivity contribution >= 4 is 11.6 Å². The van der Waals surface area contributed by atoms with Crippen LogP contribution in [0.15, 0.2) is 54.7 Å². The molecule has 0 saturated carbocycles. The number of benzene rings is 1. The molecule has 1 aliphatic rings. The van der Waals surface area contributed by atoms with Gasteiger partial charge in [-0.2, -0.15) is 0 Å². The summed E-state index contributed by atoms with van der Waals surface area (Å²) in [6.07, 6.45) is 5.09. The quantitative estimate of drug-likeness (QED) is 0.685. The number of fused-ring (bicyclic) bond motifs is 1. The van der Waals surface area contributed by atoms with E-state index in [0.717, 1.165) is 50.2 Å². The number of pyridine rings is 1. The predicted octanol–water partition coefficient (Wildman–Crippen LogP) is 3.42. The van der Waals surface area contributed by atoms with Crippen molar-refractivity contribution in [2.24, 2.45) is 0 Å². The molecular weight excluding hydrogens is 348 g/mol. The van der Waals surface area contributed by atoms with Gasteiger partial charge in [0.15, 0.2) is 0 Å². The van der Waals surface area contributed by atoms with Gasteiger partial charge >= 0.3 is 0 Å². The van der Waals surface area contributed by atoms with Gasteiger partial charge in [0, 0.05) is 38.1 Å². The third-order valence-electron chi connectivity index (χ3n) is 5.82. The summed E-state index contributed by atoms with van der Waals surface area (Å²) in [5.41, 5.74) is 3.80. The number of aryl methyl sites for hydroxylation is 1. The van der Waals surface area contributed by atoms with Crippen LogP contribution < -0.4 is 0 Å². The fraction of sp³-hybridized carbons (Fsp3) is 0.391. The Morgan fingerprint density at radius 1 is 1.18 bits per heavy atom. The van der Waals surface area contributed by atoms with Crippen LogP contribution in [0.2, 0.25) is 0 Å². The molecule has 1 atom stereocenters. The molecule has 1 aromatic carbocycles. The number of piperidine rings is 1. The lowest BCUT2D eigenvalue weighted by atomic mass is 10.0. The Morgan fingerprint density at radius 2 is 2.00 bits per heavy atom. The van der Waals surface area contributed by atoms with Gasteiger partial charge < -0.3 is 14.2 Å². The highest BCUT2D eigenvalue weighted by Crippen LogP contribution is 2.18. The molecule has 1 fully saturated rings. The number of likely N-dealkylation sites (tertiary alicyclic amines) is 1. The number of hydrogen-bond acceptors (Lipinski definition) is 3. The van der Waals surface area contributed by atoms with Gasteiger partial charge in [-0.3, -0.25) is 4.79 Å². The number of hydrogen-bond donors (Lipinski definition) is 0. The molecule has 0 bridgehead atoms. The summed E-state index contributed by atoms with van der Waals surface area (Å²) < 4.78 is 1.98. The second kappa shape index (κ2) is 8.15. The first-order chi connectivity index (χ1) is 13.6. The van der Waals surface area contributed by atoms with Crippen LogP contribution in [0.1, 0.15) is 34.6 Å². The zero-order valence-electron chi connectivity index (χ0n) is 16.7. The first-order valence-electron chi connectivity index (χ1n) is 10.1. The molecule has 0 radical (unpaired) electrons. The first-order valence-corrected chi connectivity index (χ1v) is 10.1. The average Bonchev–Trinajstić information content (AvgIpc) is 3.18. The van der Waals surface area contributed by atoms with E-state index in [2.05, 4.69) is 40.2 Å². The Labute approximate surface area is 166 Å². The Hall–Kier alpha value is -2.66. The highest BCUT2D eigenvalue weighted by molar-refractivity contribution is 5.93. The van der Waals surface area contributed by atoms with E-state index in [9.17, 15) is 4.79 Å². The van der Waals surface area contributed by atoms with Gasteiger partial charge in [-0.05, 0) is 50.4 Å². The number of amides is 1. The van der Waals surface area contributed by atoms with E-state index in [1.165, 1.54) is 5.56 Å². The molecule has 4 rings (SSSR count). The van der Waals surface area contributed by atoms with Crippen molar-refractivity contribution in [3.05, 3.63) is 71.7 Å². The van der Waals surface area contributed by atoms with Crippen LogP contribution in [0.5, 0.6) is 0 Å². The van der Waals surface area contributed by atoms with Gasteiger partial charge in [0.2, 0.25) is 0 Å². The number of aromatic nitrogens is 2. The minimum absolute atomic E-state index is 0.0120. The minimum atomic E-state index is 0.0120. The highest BCUT2D eigenvalue weighted by Gasteiger charge is 2.27. The van der Waals surface area contributed by atoms with Crippen LogP contribution >= 0.6 is 0 Å². The summed E-state index contributed by atoms with van der Waals surface area (Å²) in [6.45, 7) is 5.11. The maximum absolute atomic E-state index is 13.0. The molecule has 28 heavy (non-hydrogen) atoms. The van der Waals surface area contributed by atoms with Crippen molar-refractivity contribution in [2.75, 3.05) is 26.7 Å². The van der Waals surface area contributed by atoms with E-state index >= 15 is 0 Å². The van der Waals surface area contributed by atoms with Gasteiger partial charge in [0.25, 0.3) is 5.91 Å². The van der Waals surface area contributed by atoms with Gasteiger partial charge in [0.05, 0.1) is 0 Å². The Morgan fingerprint density at radius 3 is 2.79 bits per heavy atom. The largest absolute Gasteiger partial charge is 0.336 e. The monoisotopic (exact) mass is 376 g/mol. The van der Waals surface area contributed by atoms with Crippen LogP contribution in [-0.4, -0.2) is 57.8 Å². The average molecular weight is 377 g/mol. The molecule has 3 heterocycles. The van der Waals surface area contributed by atoms with Crippen LogP contribution in [0.4, 0.5) is 0 Å². The van der Waals surface area contributed by atoms with Crippen molar-refractivity contribution in [2.45, 2.75) is 32.2 Å². The highest BCUT2D eigenvalue weighted by atomic mass is 16.2. The number of carbonyl (C=O) groups is 1. The number of likely N-dealkylation sites (N-methyl/N-ethyl adjacent to an activating group) is 1. The fourth-order valence-corrected chi connectivity index (χ4v) is 4.08. The second-order valence-corrected chi connectivity index (χ2v) is 7.77. The summed E-state index contributed by atoms with van der Waals surface area (Å²) in [5.74, 6) is 0.0120. The van der Waals surface area contributed by atoms with E-state index in [0.29, 0.717) is 5.69 Å². The minimum Gasteiger partial charge on any atom is -0.336 e. The predicted molar refractivity (Wildman–Crippen MR) is 112 cm³/mol. The lowest BCUT2D eigenvalue weighted by Gasteiger charge is -2.37. The summed E-state index contributed by atoms with van der Waals surface area (Å²) >= 11 is 0. The molecule has 2 aromatic heterocycles. The normalized spacial score (nSPS) is 17.7. The molecule has 0 N–H and O–H groups in total. The molecular formula is C23H28N4O. The fourth-order valence-electron chi connectivity index (χ4n) is 4.08. The molecule has 1 aliphatic heterocycles. The molecule has 146 valence electrons. The maximum Gasteiger partial charge on any atom is 0.274 e. The summed E-state index contributed by atoms with van der Waals surface area (Å²) in [4.78, 5) is 22.0. The van der Waals surface area contributed by atoms with Gasteiger partial charge in [0.1, 0.15) is 11.3 Å². The smallest absolute Gasteiger partial charge is 0.274 e. The van der Waals surface area contributed by atoms with Crippen LogP contribution in [0.3, 0.4) is 0 Å². The van der Waals surface area contributed by atoms with Crippen molar-refractivity contribution in [3.63, 3.8) is 0 Å². The number of rotatable bonds is 5. The third kappa shape index (κ3) is 3.94. The molecule has 1 amide bonds.